The van der Waals surface area contributed by atoms with E-state index in [0.717, 1.165) is 0 Å². The van der Waals surface area contributed by atoms with E-state index in [1.807, 2.05) is 0 Å². The maximum atomic E-state index is 4.59. The molecule has 6 heavy (non-hydrogen) atoms. The zero-order valence-electron chi connectivity index (χ0n) is 2.97. The lowest BCUT2D eigenvalue weighted by atomic mass is 10.8. The molecule has 0 N–H and O–H groups in total. The van der Waals surface area contributed by atoms with Crippen LogP contribution in [0.4, 0.5) is 0 Å². The van der Waals surface area contributed by atoms with Crippen LogP contribution in [-0.4, -0.2) is 11.4 Å². The summed E-state index contributed by atoms with van der Waals surface area (Å²) >= 11 is 3.16. The maximum absolute atomic E-state index is 4.59. The summed E-state index contributed by atoms with van der Waals surface area (Å²) in [6.07, 6.45) is 1.40. The van der Waals surface area contributed by atoms with Crippen molar-refractivity contribution in [3.05, 3.63) is 6.61 Å². The van der Waals surface area contributed by atoms with Crippen LogP contribution in [0.5, 0.6) is 0 Å². The van der Waals surface area contributed by atoms with E-state index in [1.165, 1.54) is 6.40 Å². The van der Waals surface area contributed by atoms with Crippen LogP contribution in [0.1, 0.15) is 0 Å². The standard InChI is InChI=1S/C3H3BrNO/c4-3-1-6-2-5-3/h1-3H. The van der Waals surface area contributed by atoms with Gasteiger partial charge in [0.15, 0.2) is 13.0 Å². The molecule has 0 aromatic carbocycles. The third-order valence-corrected chi connectivity index (χ3v) is 0.907. The Morgan fingerprint density at radius 1 is 1.83 bits per heavy atom. The number of alkyl halides is 1. The fraction of sp³-hybridized carbons (Fsp3) is 0.333. The maximum Gasteiger partial charge on any atom is 0.172 e. The van der Waals surface area contributed by atoms with Gasteiger partial charge in [0.25, 0.3) is 0 Å². The minimum atomic E-state index is 0.0810. The van der Waals surface area contributed by atoms with E-state index in [0.29, 0.717) is 0 Å². The van der Waals surface area contributed by atoms with Crippen LogP contribution < -0.4 is 0 Å². The summed E-state index contributed by atoms with van der Waals surface area (Å²) in [6, 6.07) is 0. The lowest BCUT2D eigenvalue weighted by molar-refractivity contribution is 0.439. The fourth-order valence-electron chi connectivity index (χ4n) is 0.228. The summed E-state index contributed by atoms with van der Waals surface area (Å²) in [5.74, 6) is 0. The number of halogens is 1. The number of hydrogen-bond donors (Lipinski definition) is 0. The van der Waals surface area contributed by atoms with Gasteiger partial charge in [0, 0.05) is 0 Å². The quantitative estimate of drug-likeness (QED) is 0.370. The molecule has 1 atom stereocenters. The second kappa shape index (κ2) is 1.60. The highest BCUT2D eigenvalue weighted by atomic mass is 79.9. The van der Waals surface area contributed by atoms with Crippen molar-refractivity contribution in [2.75, 3.05) is 0 Å². The molecule has 1 heterocycles. The Morgan fingerprint density at radius 3 is 2.83 bits per heavy atom. The number of hydrogen-bond acceptors (Lipinski definition) is 2. The Kier molecular flexibility index (Phi) is 1.10. The SMILES string of the molecule is BrC1[CH]OC=N1. The topological polar surface area (TPSA) is 21.6 Å². The minimum absolute atomic E-state index is 0.0810. The van der Waals surface area contributed by atoms with Gasteiger partial charge in [0.1, 0.15) is 4.95 Å². The third kappa shape index (κ3) is 0.712. The van der Waals surface area contributed by atoms with Gasteiger partial charge in [-0.15, -0.1) is 0 Å². The van der Waals surface area contributed by atoms with Crippen molar-refractivity contribution in [1.82, 2.24) is 0 Å². The van der Waals surface area contributed by atoms with Crippen molar-refractivity contribution in [3.63, 3.8) is 0 Å². The van der Waals surface area contributed by atoms with Crippen molar-refractivity contribution in [2.24, 2.45) is 4.99 Å². The molecular formula is C3H3BrNO. The molecule has 1 unspecified atom stereocenters. The Bertz CT molecular complexity index is 73.2. The van der Waals surface area contributed by atoms with Crippen LogP contribution in [0.2, 0.25) is 0 Å². The van der Waals surface area contributed by atoms with Gasteiger partial charge < -0.3 is 4.74 Å². The molecule has 1 aliphatic rings. The summed E-state index contributed by atoms with van der Waals surface area (Å²) in [6.45, 7) is 1.60. The van der Waals surface area contributed by atoms with Crippen LogP contribution in [0.25, 0.3) is 0 Å². The summed E-state index contributed by atoms with van der Waals surface area (Å²) < 4.78 is 4.59. The predicted molar refractivity (Wildman–Crippen MR) is 26.6 cm³/mol. The highest BCUT2D eigenvalue weighted by Gasteiger charge is 2.04. The van der Waals surface area contributed by atoms with Gasteiger partial charge in [-0.25, -0.2) is 4.99 Å². The van der Waals surface area contributed by atoms with Crippen molar-refractivity contribution in [1.29, 1.82) is 0 Å². The molecule has 1 aliphatic heterocycles. The van der Waals surface area contributed by atoms with Crippen LogP contribution >= 0.6 is 15.9 Å². The predicted octanol–water partition coefficient (Wildman–Crippen LogP) is 0.928. The Morgan fingerprint density at radius 2 is 2.67 bits per heavy atom. The number of rotatable bonds is 0. The fourth-order valence-corrected chi connectivity index (χ4v) is 0.450. The van der Waals surface area contributed by atoms with Crippen LogP contribution in [0.15, 0.2) is 4.99 Å². The minimum Gasteiger partial charge on any atom is -0.473 e. The number of nitrogens with zero attached hydrogens (tertiary/aromatic N) is 1. The molecule has 33 valence electrons. The van der Waals surface area contributed by atoms with Crippen molar-refractivity contribution in [3.8, 4) is 0 Å². The highest BCUT2D eigenvalue weighted by Crippen LogP contribution is 2.09. The van der Waals surface area contributed by atoms with E-state index < -0.39 is 0 Å². The summed E-state index contributed by atoms with van der Waals surface area (Å²) in [4.78, 5) is 3.83. The highest BCUT2D eigenvalue weighted by molar-refractivity contribution is 9.09. The molecule has 0 aromatic rings. The van der Waals surface area contributed by atoms with E-state index in [4.69, 9.17) is 0 Å². The van der Waals surface area contributed by atoms with Crippen molar-refractivity contribution < 1.29 is 4.74 Å². The van der Waals surface area contributed by atoms with E-state index >= 15 is 0 Å². The molecule has 0 amide bonds. The normalized spacial score (nSPS) is 30.5. The van der Waals surface area contributed by atoms with Gasteiger partial charge in [-0.1, -0.05) is 15.9 Å². The zero-order chi connectivity index (χ0) is 4.41. The molecule has 1 radical (unpaired) electrons. The molecule has 0 fully saturated rings. The van der Waals surface area contributed by atoms with Crippen LogP contribution in [0.3, 0.4) is 0 Å². The lowest BCUT2D eigenvalue weighted by Crippen LogP contribution is -1.83. The number of ether oxygens (including phenoxy) is 1. The van der Waals surface area contributed by atoms with E-state index in [-0.39, 0.29) is 4.95 Å². The van der Waals surface area contributed by atoms with Crippen LogP contribution in [0, 0.1) is 6.61 Å². The van der Waals surface area contributed by atoms with Gasteiger partial charge in [-0.2, -0.15) is 0 Å². The summed E-state index contributed by atoms with van der Waals surface area (Å²) in [7, 11) is 0. The lowest BCUT2D eigenvalue weighted by Gasteiger charge is -1.84. The first-order chi connectivity index (χ1) is 2.89. The number of aliphatic imine (C=N–C) groups is 1. The first kappa shape index (κ1) is 4.12. The molecule has 0 spiro atoms. The van der Waals surface area contributed by atoms with Crippen molar-refractivity contribution in [2.45, 2.75) is 4.95 Å². The molecule has 1 rings (SSSR count). The van der Waals surface area contributed by atoms with E-state index in [1.54, 1.807) is 6.61 Å². The Hall–Kier alpha value is -0.0500. The van der Waals surface area contributed by atoms with Crippen LogP contribution in [-0.2, 0) is 4.74 Å². The second-order valence-corrected chi connectivity index (χ2v) is 1.84. The largest absolute Gasteiger partial charge is 0.473 e. The Labute approximate surface area is 44.3 Å². The average Bonchev–Trinajstić information content (AvgIpc) is 1.86. The molecule has 0 saturated heterocycles. The van der Waals surface area contributed by atoms with Gasteiger partial charge >= 0.3 is 0 Å². The molecule has 0 bridgehead atoms. The Balaban J connectivity index is 2.38. The molecule has 3 heteroatoms. The van der Waals surface area contributed by atoms with Gasteiger partial charge in [0.2, 0.25) is 0 Å². The zero-order valence-corrected chi connectivity index (χ0v) is 4.55. The molecular weight excluding hydrogens is 146 g/mol. The summed E-state index contributed by atoms with van der Waals surface area (Å²) in [5.41, 5.74) is 0. The molecule has 2 nitrogen and oxygen atoms in total. The molecule has 0 aromatic heterocycles. The van der Waals surface area contributed by atoms with E-state index in [2.05, 4.69) is 25.7 Å². The monoisotopic (exact) mass is 148 g/mol. The van der Waals surface area contributed by atoms with Gasteiger partial charge in [-0.05, 0) is 0 Å². The van der Waals surface area contributed by atoms with E-state index in [9.17, 15) is 0 Å². The molecule has 0 aliphatic carbocycles. The van der Waals surface area contributed by atoms with Gasteiger partial charge in [0.05, 0.1) is 0 Å². The average molecular weight is 149 g/mol. The smallest absolute Gasteiger partial charge is 0.172 e. The second-order valence-electron chi connectivity index (χ2n) is 0.899. The third-order valence-electron chi connectivity index (χ3n) is 0.455. The first-order valence-corrected chi connectivity index (χ1v) is 2.46. The van der Waals surface area contributed by atoms with Crippen molar-refractivity contribution >= 4 is 22.3 Å². The summed E-state index contributed by atoms with van der Waals surface area (Å²) in [5, 5.41) is 0. The first-order valence-electron chi connectivity index (χ1n) is 1.54. The molecule has 0 saturated carbocycles. The van der Waals surface area contributed by atoms with Gasteiger partial charge in [-0.3, -0.25) is 0 Å².